The van der Waals surface area contributed by atoms with Gasteiger partial charge in [0.15, 0.2) is 0 Å². The van der Waals surface area contributed by atoms with E-state index in [1.54, 1.807) is 0 Å². The van der Waals surface area contributed by atoms with Crippen molar-refractivity contribution in [2.75, 3.05) is 20.1 Å². The molecule has 0 spiro atoms. The standard InChI is InChI=1S/C16H17BrN2O3/c1-19-6-4-10(5-7-19)12-3-2-11(8-13(12)17)14-9-15(16(20)21)22-18-14/h2-3,8-10H,4-7H2,1H3,(H,20,21). The molecule has 0 atom stereocenters. The number of benzene rings is 1. The zero-order valence-corrected chi connectivity index (χ0v) is 13.8. The minimum absolute atomic E-state index is 0.148. The highest BCUT2D eigenvalue weighted by atomic mass is 79.9. The molecule has 1 N–H and O–H groups in total. The third-order valence-electron chi connectivity index (χ3n) is 4.18. The molecule has 2 aromatic rings. The number of aromatic carboxylic acids is 1. The van der Waals surface area contributed by atoms with E-state index in [1.807, 2.05) is 12.1 Å². The molecule has 2 heterocycles. The predicted molar refractivity (Wildman–Crippen MR) is 86.1 cm³/mol. The van der Waals surface area contributed by atoms with Crippen LogP contribution in [0.25, 0.3) is 11.3 Å². The van der Waals surface area contributed by atoms with Gasteiger partial charge in [0.2, 0.25) is 5.76 Å². The van der Waals surface area contributed by atoms with Crippen molar-refractivity contribution in [1.82, 2.24) is 10.1 Å². The normalized spacial score (nSPS) is 16.8. The number of carbonyl (C=O) groups is 1. The molecule has 1 aromatic heterocycles. The van der Waals surface area contributed by atoms with Crippen molar-refractivity contribution < 1.29 is 14.4 Å². The third kappa shape index (κ3) is 3.08. The maximum atomic E-state index is 10.9. The lowest BCUT2D eigenvalue weighted by Crippen LogP contribution is -2.29. The fourth-order valence-corrected chi connectivity index (χ4v) is 3.55. The van der Waals surface area contributed by atoms with Crippen LogP contribution < -0.4 is 0 Å². The summed E-state index contributed by atoms with van der Waals surface area (Å²) in [6.07, 6.45) is 2.31. The summed E-state index contributed by atoms with van der Waals surface area (Å²) < 4.78 is 5.85. The zero-order valence-electron chi connectivity index (χ0n) is 12.3. The van der Waals surface area contributed by atoms with Gasteiger partial charge in [-0.1, -0.05) is 33.2 Å². The quantitative estimate of drug-likeness (QED) is 0.900. The second kappa shape index (κ2) is 6.22. The van der Waals surface area contributed by atoms with Crippen LogP contribution in [0.2, 0.25) is 0 Å². The largest absolute Gasteiger partial charge is 0.475 e. The first-order valence-electron chi connectivity index (χ1n) is 7.23. The molecule has 1 aromatic carbocycles. The molecule has 1 fully saturated rings. The number of carboxylic acids is 1. The molecule has 0 saturated carbocycles. The molecule has 22 heavy (non-hydrogen) atoms. The summed E-state index contributed by atoms with van der Waals surface area (Å²) in [7, 11) is 2.15. The highest BCUT2D eigenvalue weighted by Crippen LogP contribution is 2.35. The SMILES string of the molecule is CN1CCC(c2ccc(-c3cc(C(=O)O)on3)cc2Br)CC1. The Bertz CT molecular complexity index is 690. The molecule has 0 amide bonds. The first-order valence-corrected chi connectivity index (χ1v) is 8.02. The molecule has 0 aliphatic carbocycles. The molecule has 6 heteroatoms. The highest BCUT2D eigenvalue weighted by molar-refractivity contribution is 9.10. The fourth-order valence-electron chi connectivity index (χ4n) is 2.85. The van der Waals surface area contributed by atoms with Gasteiger partial charge in [0, 0.05) is 16.1 Å². The van der Waals surface area contributed by atoms with Crippen molar-refractivity contribution in [3.8, 4) is 11.3 Å². The van der Waals surface area contributed by atoms with Crippen LogP contribution >= 0.6 is 15.9 Å². The third-order valence-corrected chi connectivity index (χ3v) is 4.86. The predicted octanol–water partition coefficient (Wildman–Crippen LogP) is 3.61. The van der Waals surface area contributed by atoms with Crippen molar-refractivity contribution in [3.05, 3.63) is 40.1 Å². The molecule has 0 unspecified atom stereocenters. The lowest BCUT2D eigenvalue weighted by Gasteiger charge is -2.29. The van der Waals surface area contributed by atoms with E-state index in [1.165, 1.54) is 11.6 Å². The van der Waals surface area contributed by atoms with Gasteiger partial charge in [-0.3, -0.25) is 0 Å². The van der Waals surface area contributed by atoms with Crippen LogP contribution in [-0.4, -0.2) is 41.3 Å². The molecule has 1 aliphatic heterocycles. The summed E-state index contributed by atoms with van der Waals surface area (Å²) in [5.41, 5.74) is 2.69. The Balaban J connectivity index is 1.83. The van der Waals surface area contributed by atoms with Crippen LogP contribution in [0.5, 0.6) is 0 Å². The average Bonchev–Trinajstić information content (AvgIpc) is 2.98. The number of rotatable bonds is 3. The van der Waals surface area contributed by atoms with Crippen molar-refractivity contribution in [2.24, 2.45) is 0 Å². The number of aromatic nitrogens is 1. The number of piperidine rings is 1. The van der Waals surface area contributed by atoms with Gasteiger partial charge in [-0.15, -0.1) is 0 Å². The van der Waals surface area contributed by atoms with Gasteiger partial charge < -0.3 is 14.5 Å². The molecule has 5 nitrogen and oxygen atoms in total. The second-order valence-electron chi connectivity index (χ2n) is 5.70. The number of carboxylic acid groups (broad SMARTS) is 1. The van der Waals surface area contributed by atoms with Crippen LogP contribution in [0, 0.1) is 0 Å². The smallest absolute Gasteiger partial charge is 0.374 e. The number of hydrogen-bond donors (Lipinski definition) is 1. The number of halogens is 1. The Hall–Kier alpha value is -1.66. The van der Waals surface area contributed by atoms with Gasteiger partial charge in [0.25, 0.3) is 0 Å². The van der Waals surface area contributed by atoms with Crippen LogP contribution in [-0.2, 0) is 0 Å². The Morgan fingerprint density at radius 3 is 2.68 bits per heavy atom. The fraction of sp³-hybridized carbons (Fsp3) is 0.375. The van der Waals surface area contributed by atoms with E-state index >= 15 is 0 Å². The molecule has 0 bridgehead atoms. The first kappa shape index (κ1) is 15.2. The van der Waals surface area contributed by atoms with Crippen LogP contribution in [0.15, 0.2) is 33.3 Å². The van der Waals surface area contributed by atoms with E-state index in [2.05, 4.69) is 39.1 Å². The summed E-state index contributed by atoms with van der Waals surface area (Å²) in [6, 6.07) is 7.50. The van der Waals surface area contributed by atoms with Crippen LogP contribution in [0.1, 0.15) is 34.9 Å². The molecule has 0 radical (unpaired) electrons. The molecule has 116 valence electrons. The van der Waals surface area contributed by atoms with Gasteiger partial charge in [-0.05, 0) is 50.5 Å². The number of hydrogen-bond acceptors (Lipinski definition) is 4. The lowest BCUT2D eigenvalue weighted by molar-refractivity contribution is 0.0652. The first-order chi connectivity index (χ1) is 10.5. The minimum Gasteiger partial charge on any atom is -0.475 e. The minimum atomic E-state index is -1.11. The average molecular weight is 365 g/mol. The Kier molecular flexibility index (Phi) is 4.31. The van der Waals surface area contributed by atoms with Crippen molar-refractivity contribution in [2.45, 2.75) is 18.8 Å². The van der Waals surface area contributed by atoms with Gasteiger partial charge in [0.05, 0.1) is 0 Å². The van der Waals surface area contributed by atoms with Gasteiger partial charge >= 0.3 is 5.97 Å². The van der Waals surface area contributed by atoms with E-state index in [0.717, 1.165) is 36.0 Å². The van der Waals surface area contributed by atoms with Crippen LogP contribution in [0.3, 0.4) is 0 Å². The van der Waals surface area contributed by atoms with Crippen molar-refractivity contribution in [1.29, 1.82) is 0 Å². The maximum Gasteiger partial charge on any atom is 0.374 e. The van der Waals surface area contributed by atoms with Crippen molar-refractivity contribution in [3.63, 3.8) is 0 Å². The summed E-state index contributed by atoms with van der Waals surface area (Å²) in [5.74, 6) is -0.696. The highest BCUT2D eigenvalue weighted by Gasteiger charge is 2.21. The van der Waals surface area contributed by atoms with E-state index in [4.69, 9.17) is 9.63 Å². The Morgan fingerprint density at radius 2 is 2.09 bits per heavy atom. The van der Waals surface area contributed by atoms with Crippen molar-refractivity contribution >= 4 is 21.9 Å². The van der Waals surface area contributed by atoms with Gasteiger partial charge in [0.1, 0.15) is 5.69 Å². The van der Waals surface area contributed by atoms with E-state index in [-0.39, 0.29) is 5.76 Å². The molecular weight excluding hydrogens is 348 g/mol. The number of nitrogens with zero attached hydrogens (tertiary/aromatic N) is 2. The molecule has 1 aliphatic rings. The van der Waals surface area contributed by atoms with E-state index in [9.17, 15) is 4.79 Å². The summed E-state index contributed by atoms with van der Waals surface area (Å²) in [4.78, 5) is 13.2. The summed E-state index contributed by atoms with van der Waals surface area (Å²) in [5, 5.41) is 12.7. The monoisotopic (exact) mass is 364 g/mol. The van der Waals surface area contributed by atoms with E-state index in [0.29, 0.717) is 11.6 Å². The van der Waals surface area contributed by atoms with E-state index < -0.39 is 5.97 Å². The second-order valence-corrected chi connectivity index (χ2v) is 6.55. The van der Waals surface area contributed by atoms with Gasteiger partial charge in [-0.2, -0.15) is 0 Å². The topological polar surface area (TPSA) is 66.6 Å². The zero-order chi connectivity index (χ0) is 15.7. The lowest BCUT2D eigenvalue weighted by atomic mass is 9.89. The summed E-state index contributed by atoms with van der Waals surface area (Å²) in [6.45, 7) is 2.23. The van der Waals surface area contributed by atoms with Crippen LogP contribution in [0.4, 0.5) is 0 Å². The molecular formula is C16H17BrN2O3. The number of likely N-dealkylation sites (tertiary alicyclic amines) is 1. The Morgan fingerprint density at radius 1 is 1.36 bits per heavy atom. The Labute approximate surface area is 137 Å². The molecule has 1 saturated heterocycles. The molecule has 3 rings (SSSR count). The van der Waals surface area contributed by atoms with Gasteiger partial charge in [-0.25, -0.2) is 4.79 Å². The summed E-state index contributed by atoms with van der Waals surface area (Å²) >= 11 is 3.64. The maximum absolute atomic E-state index is 10.9.